The number of carbonyl (C=O) groups is 2. The van der Waals surface area contributed by atoms with E-state index in [0.717, 1.165) is 10.4 Å². The number of aryl methyl sites for hydroxylation is 1. The zero-order chi connectivity index (χ0) is 24.1. The highest BCUT2D eigenvalue weighted by molar-refractivity contribution is 8.03. The van der Waals surface area contributed by atoms with Crippen molar-refractivity contribution in [3.05, 3.63) is 110 Å². The molecule has 2 aromatic carbocycles. The van der Waals surface area contributed by atoms with Crippen molar-refractivity contribution >= 4 is 40.5 Å². The van der Waals surface area contributed by atoms with E-state index in [4.69, 9.17) is 0 Å². The fraction of sp³-hybridized carbons (Fsp3) is 0.148. The number of thiophene rings is 1. The van der Waals surface area contributed by atoms with Crippen LogP contribution in [0.2, 0.25) is 0 Å². The third kappa shape index (κ3) is 5.14. The molecule has 1 unspecified atom stereocenters. The molecule has 1 atom stereocenters. The summed E-state index contributed by atoms with van der Waals surface area (Å²) in [7, 11) is 0. The lowest BCUT2D eigenvalue weighted by atomic mass is 9.86. The first kappa shape index (κ1) is 23.6. The number of ketones is 1. The summed E-state index contributed by atoms with van der Waals surface area (Å²) in [6, 6.07) is 22.8. The lowest BCUT2D eigenvalue weighted by molar-refractivity contribution is -0.113. The maximum Gasteiger partial charge on any atom is 0.254 e. The molecule has 0 radical (unpaired) electrons. The number of hydrogen-bond donors (Lipinski definition) is 2. The molecule has 7 heteroatoms. The van der Waals surface area contributed by atoms with Crippen molar-refractivity contribution in [2.75, 3.05) is 11.1 Å². The molecule has 1 amide bonds. The number of benzene rings is 2. The van der Waals surface area contributed by atoms with Gasteiger partial charge in [0.05, 0.1) is 28.3 Å². The molecule has 0 fully saturated rings. The summed E-state index contributed by atoms with van der Waals surface area (Å²) in [5, 5.41) is 18.8. The van der Waals surface area contributed by atoms with E-state index in [1.54, 1.807) is 0 Å². The lowest BCUT2D eigenvalue weighted by Gasteiger charge is -2.29. The van der Waals surface area contributed by atoms with Gasteiger partial charge in [0.25, 0.3) is 5.91 Å². The van der Waals surface area contributed by atoms with E-state index in [-0.39, 0.29) is 17.4 Å². The monoisotopic (exact) mass is 485 g/mol. The fourth-order valence-corrected chi connectivity index (χ4v) is 5.58. The second-order valence-corrected chi connectivity index (χ2v) is 9.83. The van der Waals surface area contributed by atoms with Crippen molar-refractivity contribution in [1.29, 1.82) is 5.26 Å². The second kappa shape index (κ2) is 10.6. The molecule has 5 nitrogen and oxygen atoms in total. The van der Waals surface area contributed by atoms with Gasteiger partial charge in [-0.05, 0) is 37.4 Å². The van der Waals surface area contributed by atoms with Crippen LogP contribution in [0.25, 0.3) is 0 Å². The maximum absolute atomic E-state index is 13.3. The molecule has 2 heterocycles. The van der Waals surface area contributed by atoms with Crippen LogP contribution in [-0.2, 0) is 4.79 Å². The highest BCUT2D eigenvalue weighted by atomic mass is 32.2. The van der Waals surface area contributed by atoms with E-state index in [0.29, 0.717) is 33.1 Å². The minimum absolute atomic E-state index is 0.0153. The molecule has 2 N–H and O–H groups in total. The van der Waals surface area contributed by atoms with Crippen LogP contribution < -0.4 is 10.6 Å². The van der Waals surface area contributed by atoms with Crippen molar-refractivity contribution in [3.8, 4) is 6.07 Å². The number of Topliss-reactive ketones (excluding diaryl/α,β-unsaturated/α-hetero) is 1. The zero-order valence-corrected chi connectivity index (χ0v) is 20.4. The number of nitrogens with zero attached hydrogens (tertiary/aromatic N) is 1. The van der Waals surface area contributed by atoms with Crippen LogP contribution in [-0.4, -0.2) is 17.4 Å². The number of nitriles is 1. The summed E-state index contributed by atoms with van der Waals surface area (Å²) in [4.78, 5) is 27.0. The first-order chi connectivity index (χ1) is 16.5. The van der Waals surface area contributed by atoms with Gasteiger partial charge in [0.2, 0.25) is 0 Å². The predicted octanol–water partition coefficient (Wildman–Crippen LogP) is 6.01. The quantitative estimate of drug-likeness (QED) is 0.401. The van der Waals surface area contributed by atoms with Crippen LogP contribution >= 0.6 is 23.1 Å². The van der Waals surface area contributed by atoms with E-state index in [1.165, 1.54) is 23.1 Å². The molecule has 0 bridgehead atoms. The molecule has 1 aliphatic heterocycles. The molecular formula is C27H23N3O2S2. The van der Waals surface area contributed by atoms with Gasteiger partial charge in [-0.2, -0.15) is 5.26 Å². The Labute approximate surface area is 207 Å². The van der Waals surface area contributed by atoms with Gasteiger partial charge >= 0.3 is 0 Å². The van der Waals surface area contributed by atoms with Gasteiger partial charge in [-0.3, -0.25) is 9.59 Å². The van der Waals surface area contributed by atoms with Gasteiger partial charge in [0.1, 0.15) is 0 Å². The van der Waals surface area contributed by atoms with Gasteiger partial charge in [-0.25, -0.2) is 0 Å². The highest BCUT2D eigenvalue weighted by Gasteiger charge is 2.35. The Kier molecular flexibility index (Phi) is 7.31. The Morgan fingerprint density at radius 1 is 1.06 bits per heavy atom. The van der Waals surface area contributed by atoms with Crippen molar-refractivity contribution in [1.82, 2.24) is 5.32 Å². The number of para-hydroxylation sites is 1. The molecule has 3 aromatic rings. The highest BCUT2D eigenvalue weighted by Crippen LogP contribution is 2.42. The van der Waals surface area contributed by atoms with E-state index in [1.807, 2.05) is 86.0 Å². The summed E-state index contributed by atoms with van der Waals surface area (Å²) in [5.74, 6) is -0.598. The third-order valence-corrected chi connectivity index (χ3v) is 7.43. The molecule has 4 rings (SSSR count). The van der Waals surface area contributed by atoms with E-state index in [9.17, 15) is 14.9 Å². The molecular weight excluding hydrogens is 462 g/mol. The number of nitrogens with one attached hydrogen (secondary N) is 2. The molecule has 0 saturated carbocycles. The summed E-state index contributed by atoms with van der Waals surface area (Å²) < 4.78 is 0. The summed E-state index contributed by atoms with van der Waals surface area (Å²) in [5.41, 5.74) is 4.01. The predicted molar refractivity (Wildman–Crippen MR) is 139 cm³/mol. The number of rotatable bonds is 7. The Balaban J connectivity index is 1.63. The number of anilines is 1. The van der Waals surface area contributed by atoms with Gasteiger partial charge in [0.15, 0.2) is 5.78 Å². The Morgan fingerprint density at radius 3 is 2.44 bits per heavy atom. The average molecular weight is 486 g/mol. The van der Waals surface area contributed by atoms with Crippen LogP contribution in [0.3, 0.4) is 0 Å². The van der Waals surface area contributed by atoms with Crippen LogP contribution in [0.15, 0.2) is 94.0 Å². The maximum atomic E-state index is 13.3. The van der Waals surface area contributed by atoms with Crippen molar-refractivity contribution in [3.63, 3.8) is 0 Å². The molecule has 0 spiro atoms. The Bertz CT molecular complexity index is 1300. The largest absolute Gasteiger partial charge is 0.353 e. The first-order valence-corrected chi connectivity index (χ1v) is 12.6. The normalized spacial score (nSPS) is 15.5. The first-order valence-electron chi connectivity index (χ1n) is 10.7. The average Bonchev–Trinajstić information content (AvgIpc) is 3.37. The standard InChI is InChI=1S/C27H23N3O2S2/c1-17-10-12-19(13-11-17)22(31)16-34-27-21(15-28)25(23-9-6-14-33-23)24(18(2)29-27)26(32)30-20-7-4-3-5-8-20/h3-14,25,29H,16H2,1-2H3,(H,30,32). The summed E-state index contributed by atoms with van der Waals surface area (Å²) >= 11 is 2.79. The molecule has 0 aliphatic carbocycles. The van der Waals surface area contributed by atoms with Crippen LogP contribution in [0, 0.1) is 18.3 Å². The summed E-state index contributed by atoms with van der Waals surface area (Å²) in [6.07, 6.45) is 0. The molecule has 34 heavy (non-hydrogen) atoms. The van der Waals surface area contributed by atoms with Crippen LogP contribution in [0.5, 0.6) is 0 Å². The molecule has 0 saturated heterocycles. The number of thioether (sulfide) groups is 1. The number of dihydropyridines is 1. The zero-order valence-electron chi connectivity index (χ0n) is 18.8. The van der Waals surface area contributed by atoms with E-state index < -0.39 is 5.92 Å². The van der Waals surface area contributed by atoms with Gasteiger partial charge in [-0.1, -0.05) is 65.9 Å². The van der Waals surface area contributed by atoms with Crippen LogP contribution in [0.1, 0.15) is 33.6 Å². The Morgan fingerprint density at radius 2 is 1.79 bits per heavy atom. The smallest absolute Gasteiger partial charge is 0.254 e. The molecule has 1 aliphatic rings. The minimum Gasteiger partial charge on any atom is -0.353 e. The summed E-state index contributed by atoms with van der Waals surface area (Å²) in [6.45, 7) is 3.81. The van der Waals surface area contributed by atoms with Crippen molar-refractivity contribution in [2.45, 2.75) is 19.8 Å². The lowest BCUT2D eigenvalue weighted by Crippen LogP contribution is -2.30. The van der Waals surface area contributed by atoms with Gasteiger partial charge < -0.3 is 10.6 Å². The number of amides is 1. The number of hydrogen-bond acceptors (Lipinski definition) is 6. The van der Waals surface area contributed by atoms with Crippen molar-refractivity contribution < 1.29 is 9.59 Å². The second-order valence-electron chi connectivity index (χ2n) is 7.86. The fourth-order valence-electron chi connectivity index (χ4n) is 3.75. The number of carbonyl (C=O) groups excluding carboxylic acids is 2. The van der Waals surface area contributed by atoms with Gasteiger partial charge in [0, 0.05) is 27.4 Å². The molecule has 170 valence electrons. The Hall–Kier alpha value is -3.60. The van der Waals surface area contributed by atoms with Crippen LogP contribution in [0.4, 0.5) is 5.69 Å². The van der Waals surface area contributed by atoms with Crippen molar-refractivity contribution in [2.24, 2.45) is 0 Å². The number of allylic oxidation sites excluding steroid dienone is 2. The third-order valence-electron chi connectivity index (χ3n) is 5.47. The SMILES string of the molecule is CC1=C(C(=O)Nc2ccccc2)C(c2cccs2)C(C#N)=C(SCC(=O)c2ccc(C)cc2)N1. The topological polar surface area (TPSA) is 82.0 Å². The van der Waals surface area contributed by atoms with E-state index >= 15 is 0 Å². The van der Waals surface area contributed by atoms with Gasteiger partial charge in [-0.15, -0.1) is 11.3 Å². The van der Waals surface area contributed by atoms with E-state index in [2.05, 4.69) is 16.7 Å². The minimum atomic E-state index is -0.507. The molecule has 1 aromatic heterocycles.